The smallest absolute Gasteiger partial charge is 0.337 e. The maximum absolute atomic E-state index is 11.8. The Morgan fingerprint density at radius 1 is 1.20 bits per heavy atom. The molecule has 112 valence electrons. The predicted octanol–water partition coefficient (Wildman–Crippen LogP) is 0.502. The van der Waals surface area contributed by atoms with E-state index in [4.69, 9.17) is 0 Å². The zero-order chi connectivity index (χ0) is 15.0. The van der Waals surface area contributed by atoms with E-state index < -0.39 is 16.0 Å². The van der Waals surface area contributed by atoms with Gasteiger partial charge in [0.1, 0.15) is 0 Å². The second-order valence-electron chi connectivity index (χ2n) is 4.20. The highest BCUT2D eigenvalue weighted by Crippen LogP contribution is 2.08. The summed E-state index contributed by atoms with van der Waals surface area (Å²) >= 11 is 0. The van der Waals surface area contributed by atoms with E-state index in [9.17, 15) is 13.2 Å². The van der Waals surface area contributed by atoms with Crippen molar-refractivity contribution in [3.05, 3.63) is 35.4 Å². The van der Waals surface area contributed by atoms with Gasteiger partial charge in [-0.3, -0.25) is 0 Å². The summed E-state index contributed by atoms with van der Waals surface area (Å²) in [5.74, 6) is -0.552. The van der Waals surface area contributed by atoms with Crippen LogP contribution in [0.15, 0.2) is 24.3 Å². The van der Waals surface area contributed by atoms with Crippen LogP contribution < -0.4 is 10.0 Å². The van der Waals surface area contributed by atoms with E-state index in [0.29, 0.717) is 24.2 Å². The first kappa shape index (κ1) is 16.6. The van der Waals surface area contributed by atoms with Crippen LogP contribution in [0.3, 0.4) is 0 Å². The lowest BCUT2D eigenvalue weighted by atomic mass is 10.1. The van der Waals surface area contributed by atoms with Gasteiger partial charge in [0, 0.05) is 13.1 Å². The Morgan fingerprint density at radius 2 is 1.85 bits per heavy atom. The van der Waals surface area contributed by atoms with Gasteiger partial charge in [0.05, 0.1) is 18.4 Å². The summed E-state index contributed by atoms with van der Waals surface area (Å²) < 4.78 is 30.7. The van der Waals surface area contributed by atoms with Crippen LogP contribution in [0.4, 0.5) is 0 Å². The summed E-state index contributed by atoms with van der Waals surface area (Å²) in [6, 6.07) is 6.32. The molecule has 0 amide bonds. The quantitative estimate of drug-likeness (QED) is 0.539. The van der Waals surface area contributed by atoms with E-state index in [1.807, 2.05) is 6.92 Å². The fraction of sp³-hybridized carbons (Fsp3) is 0.462. The third-order valence-electron chi connectivity index (χ3n) is 2.61. The number of sulfonamides is 1. The highest BCUT2D eigenvalue weighted by atomic mass is 32.2. The molecule has 2 N–H and O–H groups in total. The molecule has 0 atom stereocenters. The molecule has 0 bridgehead atoms. The number of nitrogens with one attached hydrogen (secondary N) is 2. The fourth-order valence-electron chi connectivity index (χ4n) is 1.60. The largest absolute Gasteiger partial charge is 0.465 e. The minimum atomic E-state index is -3.36. The Morgan fingerprint density at radius 3 is 2.40 bits per heavy atom. The van der Waals surface area contributed by atoms with Crippen LogP contribution in [0.2, 0.25) is 0 Å². The van der Waals surface area contributed by atoms with Gasteiger partial charge in [-0.2, -0.15) is 0 Å². The average Bonchev–Trinajstić information content (AvgIpc) is 2.43. The highest BCUT2D eigenvalue weighted by Gasteiger charge is 2.11. The number of methoxy groups -OCH3 is 1. The van der Waals surface area contributed by atoms with Crippen molar-refractivity contribution in [2.24, 2.45) is 0 Å². The number of benzene rings is 1. The molecule has 0 aromatic heterocycles. The topological polar surface area (TPSA) is 84.5 Å². The van der Waals surface area contributed by atoms with Crippen LogP contribution in [0, 0.1) is 0 Å². The average molecular weight is 300 g/mol. The van der Waals surface area contributed by atoms with Crippen molar-refractivity contribution in [2.75, 3.05) is 26.7 Å². The molecule has 0 unspecified atom stereocenters. The molecule has 0 aliphatic carbocycles. The van der Waals surface area contributed by atoms with Gasteiger partial charge >= 0.3 is 5.97 Å². The Bertz CT molecular complexity index is 526. The lowest BCUT2D eigenvalue weighted by Crippen LogP contribution is -2.32. The minimum Gasteiger partial charge on any atom is -0.465 e. The molecule has 1 aromatic rings. The van der Waals surface area contributed by atoms with Crippen molar-refractivity contribution in [3.63, 3.8) is 0 Å². The van der Waals surface area contributed by atoms with Crippen molar-refractivity contribution >= 4 is 16.0 Å². The Kier molecular flexibility index (Phi) is 6.63. The van der Waals surface area contributed by atoms with Crippen LogP contribution in [-0.4, -0.2) is 41.1 Å². The maximum Gasteiger partial charge on any atom is 0.337 e. The van der Waals surface area contributed by atoms with Crippen LogP contribution in [-0.2, 0) is 20.5 Å². The monoisotopic (exact) mass is 300 g/mol. The van der Waals surface area contributed by atoms with Gasteiger partial charge in [-0.25, -0.2) is 17.9 Å². The molecule has 0 heterocycles. The van der Waals surface area contributed by atoms with Gasteiger partial charge in [0.15, 0.2) is 0 Å². The summed E-state index contributed by atoms with van der Waals surface area (Å²) in [5, 5.41) is 3.03. The number of carbonyl (C=O) groups excluding carboxylic acids is 1. The lowest BCUT2D eigenvalue weighted by molar-refractivity contribution is 0.0600. The van der Waals surface area contributed by atoms with Gasteiger partial charge in [-0.15, -0.1) is 0 Å². The second kappa shape index (κ2) is 7.98. The lowest BCUT2D eigenvalue weighted by Gasteiger charge is -2.07. The van der Waals surface area contributed by atoms with Gasteiger partial charge in [0.2, 0.25) is 10.0 Å². The minimum absolute atomic E-state index is 0.111. The molecular weight excluding hydrogens is 280 g/mol. The molecule has 6 nitrogen and oxygen atoms in total. The standard InChI is InChI=1S/C13H20N2O4S/c1-3-14-8-9-15-20(17,18)10-11-4-6-12(7-5-11)13(16)19-2/h4-7,14-15H,3,8-10H2,1-2H3. The number of carbonyl (C=O) groups is 1. The van der Waals surface area contributed by atoms with E-state index in [-0.39, 0.29) is 5.75 Å². The predicted molar refractivity (Wildman–Crippen MR) is 77.0 cm³/mol. The summed E-state index contributed by atoms with van der Waals surface area (Å²) in [5.41, 5.74) is 1.02. The molecule has 1 aromatic carbocycles. The second-order valence-corrected chi connectivity index (χ2v) is 6.00. The van der Waals surface area contributed by atoms with Gasteiger partial charge in [-0.1, -0.05) is 19.1 Å². The van der Waals surface area contributed by atoms with E-state index in [1.54, 1.807) is 24.3 Å². The molecule has 0 saturated heterocycles. The summed E-state index contributed by atoms with van der Waals surface area (Å²) in [7, 11) is -2.06. The van der Waals surface area contributed by atoms with Crippen LogP contribution in [0.25, 0.3) is 0 Å². The van der Waals surface area contributed by atoms with Gasteiger partial charge in [-0.05, 0) is 24.2 Å². The maximum atomic E-state index is 11.8. The molecule has 0 saturated carbocycles. The number of hydrogen-bond acceptors (Lipinski definition) is 5. The zero-order valence-corrected chi connectivity index (χ0v) is 12.5. The molecule has 0 radical (unpaired) electrons. The van der Waals surface area contributed by atoms with Crippen LogP contribution in [0.5, 0.6) is 0 Å². The Labute approximate surface area is 119 Å². The highest BCUT2D eigenvalue weighted by molar-refractivity contribution is 7.88. The normalized spacial score (nSPS) is 11.3. The summed E-state index contributed by atoms with van der Waals surface area (Å²) in [4.78, 5) is 11.3. The first-order valence-electron chi connectivity index (χ1n) is 6.34. The zero-order valence-electron chi connectivity index (χ0n) is 11.7. The van der Waals surface area contributed by atoms with Crippen molar-refractivity contribution in [1.82, 2.24) is 10.0 Å². The molecular formula is C13H20N2O4S. The summed E-state index contributed by atoms with van der Waals surface area (Å²) in [6.45, 7) is 3.71. The first-order chi connectivity index (χ1) is 9.48. The molecule has 7 heteroatoms. The molecule has 20 heavy (non-hydrogen) atoms. The fourth-order valence-corrected chi connectivity index (χ4v) is 2.74. The number of esters is 1. The van der Waals surface area contributed by atoms with E-state index in [1.165, 1.54) is 7.11 Å². The Hall–Kier alpha value is -1.44. The van der Waals surface area contributed by atoms with E-state index in [0.717, 1.165) is 6.54 Å². The van der Waals surface area contributed by atoms with Crippen LogP contribution in [0.1, 0.15) is 22.8 Å². The SMILES string of the molecule is CCNCCNS(=O)(=O)Cc1ccc(C(=O)OC)cc1. The number of likely N-dealkylation sites (N-methyl/N-ethyl adjacent to an activating group) is 1. The van der Waals surface area contributed by atoms with Gasteiger partial charge < -0.3 is 10.1 Å². The number of hydrogen-bond donors (Lipinski definition) is 2. The Balaban J connectivity index is 2.57. The molecule has 1 rings (SSSR count). The molecule has 0 fully saturated rings. The third kappa shape index (κ3) is 5.68. The molecule has 0 spiro atoms. The van der Waals surface area contributed by atoms with Gasteiger partial charge in [0.25, 0.3) is 0 Å². The first-order valence-corrected chi connectivity index (χ1v) is 7.99. The van der Waals surface area contributed by atoms with Crippen LogP contribution >= 0.6 is 0 Å². The van der Waals surface area contributed by atoms with E-state index >= 15 is 0 Å². The summed E-state index contributed by atoms with van der Waals surface area (Å²) in [6.07, 6.45) is 0. The van der Waals surface area contributed by atoms with Crippen molar-refractivity contribution < 1.29 is 17.9 Å². The van der Waals surface area contributed by atoms with E-state index in [2.05, 4.69) is 14.8 Å². The third-order valence-corrected chi connectivity index (χ3v) is 3.96. The van der Waals surface area contributed by atoms with Crippen molar-refractivity contribution in [3.8, 4) is 0 Å². The number of ether oxygens (including phenoxy) is 1. The molecule has 0 aliphatic heterocycles. The van der Waals surface area contributed by atoms with Crippen molar-refractivity contribution in [2.45, 2.75) is 12.7 Å². The number of rotatable bonds is 8. The van der Waals surface area contributed by atoms with Crippen molar-refractivity contribution in [1.29, 1.82) is 0 Å². The molecule has 0 aliphatic rings.